The van der Waals surface area contributed by atoms with Crippen LogP contribution in [-0.2, 0) is 11.3 Å². The summed E-state index contributed by atoms with van der Waals surface area (Å²) in [7, 11) is 0. The normalized spacial score (nSPS) is 20.5. The molecule has 1 amide bonds. The molecule has 126 valence electrons. The van der Waals surface area contributed by atoms with Crippen LogP contribution in [0.4, 0.5) is 0 Å². The zero-order valence-corrected chi connectivity index (χ0v) is 15.1. The Morgan fingerprint density at radius 1 is 1.21 bits per heavy atom. The number of hydrogen-bond acceptors (Lipinski definition) is 2. The van der Waals surface area contributed by atoms with E-state index in [0.29, 0.717) is 12.1 Å². The third-order valence-electron chi connectivity index (χ3n) is 4.20. The first-order chi connectivity index (χ1) is 11.7. The molecule has 3 rings (SSSR count). The van der Waals surface area contributed by atoms with Crippen LogP contribution in [0, 0.1) is 0 Å². The number of morpholine rings is 1. The largest absolute Gasteiger partial charge is 0.365 e. The Balaban J connectivity index is 1.49. The van der Waals surface area contributed by atoms with Crippen LogP contribution < -0.4 is 10.2 Å². The van der Waals surface area contributed by atoms with E-state index in [1.165, 1.54) is 10.5 Å². The van der Waals surface area contributed by atoms with E-state index in [4.69, 9.17) is 4.74 Å². The lowest BCUT2D eigenvalue weighted by molar-refractivity contribution is -0.925. The SMILES string of the molecule is O=C(NC[C@H]1C[NH+](Cc2ccccc2)CCO1)c1cccc(Br)c1. The molecule has 1 saturated heterocycles. The van der Waals surface area contributed by atoms with Crippen molar-refractivity contribution < 1.29 is 14.4 Å². The van der Waals surface area contributed by atoms with E-state index in [9.17, 15) is 4.79 Å². The van der Waals surface area contributed by atoms with Gasteiger partial charge in [-0.15, -0.1) is 0 Å². The summed E-state index contributed by atoms with van der Waals surface area (Å²) in [5.41, 5.74) is 2.00. The van der Waals surface area contributed by atoms with Gasteiger partial charge in [0.2, 0.25) is 0 Å². The quantitative estimate of drug-likeness (QED) is 0.816. The predicted molar refractivity (Wildman–Crippen MR) is 97.1 cm³/mol. The summed E-state index contributed by atoms with van der Waals surface area (Å²) in [4.78, 5) is 13.7. The first-order valence-electron chi connectivity index (χ1n) is 8.23. The third-order valence-corrected chi connectivity index (χ3v) is 4.69. The Labute approximate surface area is 150 Å². The molecule has 2 aromatic carbocycles. The van der Waals surface area contributed by atoms with Crippen molar-refractivity contribution in [3.05, 3.63) is 70.2 Å². The van der Waals surface area contributed by atoms with Crippen molar-refractivity contribution in [3.8, 4) is 0 Å². The highest BCUT2D eigenvalue weighted by molar-refractivity contribution is 9.10. The molecule has 5 heteroatoms. The lowest BCUT2D eigenvalue weighted by Gasteiger charge is -2.30. The maximum Gasteiger partial charge on any atom is 0.251 e. The predicted octanol–water partition coefficient (Wildman–Crippen LogP) is 1.66. The number of nitrogens with one attached hydrogen (secondary N) is 2. The van der Waals surface area contributed by atoms with Crippen LogP contribution in [0.2, 0.25) is 0 Å². The fraction of sp³-hybridized carbons (Fsp3) is 0.316. The smallest absolute Gasteiger partial charge is 0.251 e. The average Bonchev–Trinajstić information content (AvgIpc) is 2.61. The van der Waals surface area contributed by atoms with Crippen molar-refractivity contribution in [2.24, 2.45) is 0 Å². The molecule has 1 fully saturated rings. The number of amides is 1. The van der Waals surface area contributed by atoms with Crippen LogP contribution in [0.3, 0.4) is 0 Å². The monoisotopic (exact) mass is 389 g/mol. The standard InChI is InChI=1S/C19H21BrN2O2/c20-17-8-4-7-16(11-17)19(23)21-12-18-14-22(9-10-24-18)13-15-5-2-1-3-6-15/h1-8,11,18H,9-10,12-14H2,(H,21,23)/p+1/t18-/m0/s1. The van der Waals surface area contributed by atoms with Gasteiger partial charge < -0.3 is 15.0 Å². The Morgan fingerprint density at radius 2 is 2.04 bits per heavy atom. The highest BCUT2D eigenvalue weighted by Gasteiger charge is 2.24. The maximum atomic E-state index is 12.2. The van der Waals surface area contributed by atoms with Crippen molar-refractivity contribution in [1.82, 2.24) is 5.32 Å². The molecule has 0 aliphatic carbocycles. The summed E-state index contributed by atoms with van der Waals surface area (Å²) in [6.45, 7) is 4.20. The molecule has 2 atom stereocenters. The molecule has 24 heavy (non-hydrogen) atoms. The van der Waals surface area contributed by atoms with E-state index in [1.807, 2.05) is 30.3 Å². The molecule has 0 radical (unpaired) electrons. The first kappa shape index (κ1) is 17.1. The second-order valence-electron chi connectivity index (χ2n) is 6.08. The zero-order valence-electron chi connectivity index (χ0n) is 13.5. The van der Waals surface area contributed by atoms with E-state index in [1.54, 1.807) is 0 Å². The number of hydrogen-bond donors (Lipinski definition) is 2. The van der Waals surface area contributed by atoms with Gasteiger partial charge in [0.25, 0.3) is 5.91 Å². The van der Waals surface area contributed by atoms with Gasteiger partial charge in [0.05, 0.1) is 6.61 Å². The van der Waals surface area contributed by atoms with Gasteiger partial charge in [0.15, 0.2) is 0 Å². The van der Waals surface area contributed by atoms with Gasteiger partial charge in [-0.05, 0) is 18.2 Å². The fourth-order valence-electron chi connectivity index (χ4n) is 2.97. The van der Waals surface area contributed by atoms with Crippen molar-refractivity contribution in [1.29, 1.82) is 0 Å². The number of halogens is 1. The molecule has 0 aromatic heterocycles. The van der Waals surface area contributed by atoms with Gasteiger partial charge in [-0.3, -0.25) is 4.79 Å². The summed E-state index contributed by atoms with van der Waals surface area (Å²) in [6.07, 6.45) is 0.0635. The molecular weight excluding hydrogens is 368 g/mol. The van der Waals surface area contributed by atoms with E-state index in [0.717, 1.165) is 30.7 Å². The lowest BCUT2D eigenvalue weighted by Crippen LogP contribution is -3.13. The van der Waals surface area contributed by atoms with Crippen LogP contribution in [0.15, 0.2) is 59.1 Å². The van der Waals surface area contributed by atoms with E-state index in [2.05, 4.69) is 45.5 Å². The van der Waals surface area contributed by atoms with Crippen LogP contribution in [0.5, 0.6) is 0 Å². The number of ether oxygens (including phenoxy) is 1. The van der Waals surface area contributed by atoms with Gasteiger partial charge in [-0.2, -0.15) is 0 Å². The lowest BCUT2D eigenvalue weighted by atomic mass is 10.2. The van der Waals surface area contributed by atoms with Crippen LogP contribution in [0.1, 0.15) is 15.9 Å². The Bertz CT molecular complexity index is 678. The van der Waals surface area contributed by atoms with Gasteiger partial charge in [-0.1, -0.05) is 52.3 Å². The summed E-state index contributed by atoms with van der Waals surface area (Å²) in [5.74, 6) is -0.0601. The molecule has 1 heterocycles. The molecule has 0 spiro atoms. The van der Waals surface area contributed by atoms with Crippen LogP contribution in [-0.4, -0.2) is 38.3 Å². The second kappa shape index (κ2) is 8.42. The topological polar surface area (TPSA) is 42.8 Å². The molecule has 0 bridgehead atoms. The Morgan fingerprint density at radius 3 is 2.83 bits per heavy atom. The summed E-state index contributed by atoms with van der Waals surface area (Å²) in [6, 6.07) is 17.9. The fourth-order valence-corrected chi connectivity index (χ4v) is 3.37. The average molecular weight is 390 g/mol. The van der Waals surface area contributed by atoms with E-state index >= 15 is 0 Å². The third kappa shape index (κ3) is 4.90. The minimum absolute atomic E-state index is 0.0601. The number of carbonyl (C=O) groups is 1. The van der Waals surface area contributed by atoms with Crippen LogP contribution >= 0.6 is 15.9 Å². The molecule has 2 aromatic rings. The molecule has 0 saturated carbocycles. The number of carbonyl (C=O) groups excluding carboxylic acids is 1. The molecule has 1 aliphatic heterocycles. The van der Waals surface area contributed by atoms with Gasteiger partial charge in [0.1, 0.15) is 25.7 Å². The summed E-state index contributed by atoms with van der Waals surface area (Å²) >= 11 is 3.39. The number of benzene rings is 2. The highest BCUT2D eigenvalue weighted by Crippen LogP contribution is 2.11. The van der Waals surface area contributed by atoms with E-state index in [-0.39, 0.29) is 12.0 Å². The molecule has 2 N–H and O–H groups in total. The number of quaternary nitrogens is 1. The summed E-state index contributed by atoms with van der Waals surface area (Å²) in [5, 5.41) is 2.98. The van der Waals surface area contributed by atoms with Crippen molar-refractivity contribution in [2.75, 3.05) is 26.2 Å². The zero-order chi connectivity index (χ0) is 16.8. The molecule has 4 nitrogen and oxygen atoms in total. The maximum absolute atomic E-state index is 12.2. The van der Waals surface area contributed by atoms with Crippen molar-refractivity contribution >= 4 is 21.8 Å². The number of rotatable bonds is 5. The molecule has 1 aliphatic rings. The highest BCUT2D eigenvalue weighted by atomic mass is 79.9. The van der Waals surface area contributed by atoms with Gasteiger partial charge >= 0.3 is 0 Å². The summed E-state index contributed by atoms with van der Waals surface area (Å²) < 4.78 is 6.72. The van der Waals surface area contributed by atoms with Gasteiger partial charge in [-0.25, -0.2) is 0 Å². The Kier molecular flexibility index (Phi) is 6.01. The second-order valence-corrected chi connectivity index (χ2v) is 7.00. The Hall–Kier alpha value is -1.69. The van der Waals surface area contributed by atoms with E-state index < -0.39 is 0 Å². The van der Waals surface area contributed by atoms with Gasteiger partial charge in [0, 0.05) is 22.1 Å². The minimum Gasteiger partial charge on any atom is -0.365 e. The van der Waals surface area contributed by atoms with Crippen molar-refractivity contribution in [2.45, 2.75) is 12.6 Å². The van der Waals surface area contributed by atoms with Crippen molar-refractivity contribution in [3.63, 3.8) is 0 Å². The first-order valence-corrected chi connectivity index (χ1v) is 9.03. The van der Waals surface area contributed by atoms with Crippen LogP contribution in [0.25, 0.3) is 0 Å². The minimum atomic E-state index is -0.0601. The molecule has 1 unspecified atom stereocenters. The molecular formula is C19H22BrN2O2+.